The van der Waals surface area contributed by atoms with Gasteiger partial charge in [-0.05, 0) is 50.2 Å². The summed E-state index contributed by atoms with van der Waals surface area (Å²) in [6, 6.07) is 13.9. The van der Waals surface area contributed by atoms with Crippen molar-refractivity contribution in [2.75, 3.05) is 17.3 Å². The van der Waals surface area contributed by atoms with Crippen LogP contribution in [0.4, 0.5) is 0 Å². The van der Waals surface area contributed by atoms with Crippen LogP contribution in [-0.2, 0) is 0 Å². The maximum atomic E-state index is 11.1. The molecular formula is C23H21BrCl6N4O2. The molecule has 2 aromatic heterocycles. The topological polar surface area (TPSA) is 64.8 Å². The zero-order chi connectivity index (χ0) is 26.8. The van der Waals surface area contributed by atoms with Gasteiger partial charge in [-0.1, -0.05) is 62.3 Å². The van der Waals surface area contributed by atoms with Gasteiger partial charge in [0.15, 0.2) is 0 Å². The van der Waals surface area contributed by atoms with Crippen LogP contribution < -0.4 is 10.3 Å². The molecule has 4 rings (SSSR count). The van der Waals surface area contributed by atoms with Crippen molar-refractivity contribution >= 4 is 85.5 Å². The molecule has 2 aromatic carbocycles. The number of ether oxygens (including phenoxy) is 1. The summed E-state index contributed by atoms with van der Waals surface area (Å²) in [4.78, 5) is 11.6. The van der Waals surface area contributed by atoms with Gasteiger partial charge in [-0.15, -0.1) is 28.3 Å². The predicted molar refractivity (Wildman–Crippen MR) is 155 cm³/mol. The molecule has 0 unspecified atom stereocenters. The lowest BCUT2D eigenvalue weighted by Crippen LogP contribution is -2.04. The van der Waals surface area contributed by atoms with E-state index in [0.717, 1.165) is 22.8 Å². The molecule has 1 N–H and O–H groups in total. The summed E-state index contributed by atoms with van der Waals surface area (Å²) < 4.78 is 8.77. The first-order valence-corrected chi connectivity index (χ1v) is 13.9. The van der Waals surface area contributed by atoms with Crippen molar-refractivity contribution in [2.45, 2.75) is 13.8 Å². The van der Waals surface area contributed by atoms with Gasteiger partial charge in [0.2, 0.25) is 5.88 Å². The fourth-order valence-electron chi connectivity index (χ4n) is 2.92. The van der Waals surface area contributed by atoms with Gasteiger partial charge in [-0.25, -0.2) is 4.68 Å². The van der Waals surface area contributed by atoms with Crippen LogP contribution in [0.5, 0.6) is 5.88 Å². The van der Waals surface area contributed by atoms with Crippen molar-refractivity contribution in [2.24, 2.45) is 0 Å². The van der Waals surface area contributed by atoms with Crippen molar-refractivity contribution in [3.8, 4) is 17.3 Å². The number of hydrogen-bond acceptors (Lipinski definition) is 3. The summed E-state index contributed by atoms with van der Waals surface area (Å²) in [5, 5.41) is 8.95. The highest BCUT2D eigenvalue weighted by Gasteiger charge is 2.09. The molecule has 2 heterocycles. The zero-order valence-corrected chi connectivity index (χ0v) is 25.2. The molecular weight excluding hydrogens is 657 g/mol. The number of rotatable bonds is 5. The number of aromatic amines is 1. The fourth-order valence-corrected chi connectivity index (χ4v) is 3.58. The molecule has 0 bridgehead atoms. The second-order valence-corrected chi connectivity index (χ2v) is 10.4. The Balaban J connectivity index is 0.000000232. The Morgan fingerprint density at radius 3 is 1.92 bits per heavy atom. The molecule has 0 aliphatic heterocycles. The number of hydrogen-bond donors (Lipinski definition) is 1. The van der Waals surface area contributed by atoms with Crippen molar-refractivity contribution in [3.63, 3.8) is 0 Å². The van der Waals surface area contributed by atoms with Gasteiger partial charge in [-0.3, -0.25) is 14.6 Å². The second kappa shape index (κ2) is 15.2. The number of alkyl halides is 3. The Morgan fingerprint density at radius 1 is 0.861 bits per heavy atom. The zero-order valence-electron chi connectivity index (χ0n) is 19.0. The Hall–Kier alpha value is -1.32. The first-order valence-electron chi connectivity index (χ1n) is 10.2. The van der Waals surface area contributed by atoms with Crippen molar-refractivity contribution < 1.29 is 4.74 Å². The molecule has 0 saturated carbocycles. The molecule has 0 amide bonds. The molecule has 194 valence electrons. The molecule has 6 nitrogen and oxygen atoms in total. The van der Waals surface area contributed by atoms with Crippen molar-refractivity contribution in [3.05, 3.63) is 90.4 Å². The lowest BCUT2D eigenvalue weighted by atomic mass is 10.3. The number of H-pyrrole nitrogens is 1. The highest BCUT2D eigenvalue weighted by Crippen LogP contribution is 2.26. The van der Waals surface area contributed by atoms with Crippen LogP contribution in [0.3, 0.4) is 0 Å². The SMILES string of the molecule is Cc1cc(=O)[nH]n1-c1ccc(Cl)c(Cl)c1.Cc1cc(OCCCl)nn1-c1ccc(Cl)c(Cl)c1.ClCBr. The number of nitrogens with zero attached hydrogens (tertiary/aromatic N) is 3. The van der Waals surface area contributed by atoms with Crippen LogP contribution >= 0.6 is 85.5 Å². The quantitative estimate of drug-likeness (QED) is 0.216. The minimum atomic E-state index is -0.140. The predicted octanol–water partition coefficient (Wildman–Crippen LogP) is 8.46. The van der Waals surface area contributed by atoms with E-state index < -0.39 is 0 Å². The highest BCUT2D eigenvalue weighted by atomic mass is 79.9. The molecule has 13 heteroatoms. The van der Waals surface area contributed by atoms with Crippen molar-refractivity contribution in [1.29, 1.82) is 0 Å². The first-order chi connectivity index (χ1) is 17.1. The Kier molecular flexibility index (Phi) is 13.0. The van der Waals surface area contributed by atoms with Gasteiger partial charge < -0.3 is 4.74 Å². The van der Waals surface area contributed by atoms with E-state index in [1.165, 1.54) is 6.07 Å². The maximum Gasteiger partial charge on any atom is 0.264 e. The maximum absolute atomic E-state index is 11.1. The summed E-state index contributed by atoms with van der Waals surface area (Å²) in [6.45, 7) is 4.20. The van der Waals surface area contributed by atoms with Gasteiger partial charge in [0.05, 0.1) is 42.1 Å². The summed E-state index contributed by atoms with van der Waals surface area (Å²) in [5.41, 5.74) is 3.24. The molecule has 0 atom stereocenters. The summed E-state index contributed by atoms with van der Waals surface area (Å²) in [6.07, 6.45) is 0. The summed E-state index contributed by atoms with van der Waals surface area (Å²) in [7, 11) is 0. The smallest absolute Gasteiger partial charge is 0.264 e. The average Bonchev–Trinajstić information content (AvgIpc) is 3.37. The van der Waals surface area contributed by atoms with E-state index in [2.05, 4.69) is 26.1 Å². The van der Waals surface area contributed by atoms with E-state index in [-0.39, 0.29) is 5.56 Å². The van der Waals surface area contributed by atoms with Gasteiger partial charge in [0, 0.05) is 23.5 Å². The molecule has 0 fully saturated rings. The number of aromatic nitrogens is 4. The van der Waals surface area contributed by atoms with Crippen molar-refractivity contribution in [1.82, 2.24) is 19.6 Å². The molecule has 0 spiro atoms. The van der Waals surface area contributed by atoms with E-state index in [1.807, 2.05) is 26.0 Å². The van der Waals surface area contributed by atoms with Crippen LogP contribution in [0, 0.1) is 13.8 Å². The minimum Gasteiger partial charge on any atom is -0.475 e. The minimum absolute atomic E-state index is 0.140. The first kappa shape index (κ1) is 30.9. The van der Waals surface area contributed by atoms with E-state index in [0.29, 0.717) is 43.2 Å². The summed E-state index contributed by atoms with van der Waals surface area (Å²) >= 11 is 36.9. The molecule has 0 aliphatic carbocycles. The number of benzene rings is 2. The molecule has 0 aliphatic rings. The van der Waals surface area contributed by atoms with Gasteiger partial charge in [0.25, 0.3) is 5.56 Å². The van der Waals surface area contributed by atoms with Crippen LogP contribution in [0.2, 0.25) is 20.1 Å². The lowest BCUT2D eigenvalue weighted by molar-refractivity contribution is 0.327. The number of nitrogens with one attached hydrogen (secondary N) is 1. The highest BCUT2D eigenvalue weighted by molar-refractivity contribution is 9.09. The molecule has 0 radical (unpaired) electrons. The van der Waals surface area contributed by atoms with E-state index in [9.17, 15) is 4.79 Å². The van der Waals surface area contributed by atoms with E-state index in [1.54, 1.807) is 39.7 Å². The van der Waals surface area contributed by atoms with Crippen LogP contribution in [-0.4, -0.2) is 36.8 Å². The van der Waals surface area contributed by atoms with Crippen LogP contribution in [0.25, 0.3) is 11.4 Å². The Morgan fingerprint density at radius 2 is 1.42 bits per heavy atom. The Bertz CT molecular complexity index is 1340. The number of halogens is 7. The largest absolute Gasteiger partial charge is 0.475 e. The average molecular weight is 678 g/mol. The van der Waals surface area contributed by atoms with Crippen LogP contribution in [0.1, 0.15) is 11.4 Å². The van der Waals surface area contributed by atoms with E-state index in [4.69, 9.17) is 74.3 Å². The normalized spacial score (nSPS) is 10.2. The fraction of sp³-hybridized carbons (Fsp3) is 0.217. The van der Waals surface area contributed by atoms with Crippen LogP contribution in [0.15, 0.2) is 53.3 Å². The molecule has 4 aromatic rings. The Labute approximate surface area is 247 Å². The third kappa shape index (κ3) is 8.91. The lowest BCUT2D eigenvalue weighted by Gasteiger charge is -2.06. The third-order valence-electron chi connectivity index (χ3n) is 4.42. The van der Waals surface area contributed by atoms with E-state index >= 15 is 0 Å². The van der Waals surface area contributed by atoms with Gasteiger partial charge in [0.1, 0.15) is 6.61 Å². The number of aryl methyl sites for hydroxylation is 2. The molecule has 0 saturated heterocycles. The third-order valence-corrected chi connectivity index (χ3v) is 6.05. The van der Waals surface area contributed by atoms with Gasteiger partial charge >= 0.3 is 0 Å². The standard InChI is InChI=1S/C12H11Cl3N2O.C10H8Cl2N2O.CH2BrCl/c1-8-6-12(18-5-4-13)16-17(8)9-2-3-10(14)11(15)7-9;1-6-4-10(15)13-14(6)7-2-3-8(11)9(12)5-7;2-1-3/h2-3,6-7H,4-5H2,1H3;2-5H,1H3,(H,13,15);1H2. The summed E-state index contributed by atoms with van der Waals surface area (Å²) in [5.74, 6) is 0.970. The monoisotopic (exact) mass is 674 g/mol. The van der Waals surface area contributed by atoms with Gasteiger partial charge in [-0.2, -0.15) is 0 Å². The molecule has 36 heavy (non-hydrogen) atoms. The second-order valence-electron chi connectivity index (χ2n) is 6.97.